The topological polar surface area (TPSA) is 38.7 Å². The van der Waals surface area contributed by atoms with Crippen LogP contribution >= 0.6 is 0 Å². The summed E-state index contributed by atoms with van der Waals surface area (Å²) in [5.74, 6) is 1.76. The Morgan fingerprint density at radius 1 is 0.667 bits per heavy atom. The van der Waals surface area contributed by atoms with E-state index in [4.69, 9.17) is 9.39 Å². The van der Waals surface area contributed by atoms with Gasteiger partial charge in [-0.2, -0.15) is 0 Å². The molecule has 7 rings (SSSR count). The molecule has 0 saturated heterocycles. The van der Waals surface area contributed by atoms with Crippen molar-refractivity contribution in [3.63, 3.8) is 0 Å². The summed E-state index contributed by atoms with van der Waals surface area (Å²) >= 11 is 0. The lowest BCUT2D eigenvalue weighted by Gasteiger charge is -2.39. The number of fused-ring (bicyclic) bond motifs is 10. The van der Waals surface area contributed by atoms with Gasteiger partial charge < -0.3 is 14.5 Å². The Morgan fingerprint density at radius 3 is 1.87 bits per heavy atom. The van der Waals surface area contributed by atoms with Gasteiger partial charge in [-0.05, 0) is 90.4 Å². The maximum Gasteiger partial charge on any atom is 0.310 e. The standard InChI is InChI=1S/C35H31BO3/c1-33(2,37)34(3,4)39-36-29-17-11-16-27-32(29)24-20-22-12-5-6-13-23(22)21-28(24)35(27)25-14-7-9-18-30(25)38-31-19-10-8-15-26(31)35/h5-21,36-37H,1-4H3. The third kappa shape index (κ3) is 3.38. The molecule has 0 radical (unpaired) electrons. The van der Waals surface area contributed by atoms with E-state index >= 15 is 0 Å². The summed E-state index contributed by atoms with van der Waals surface area (Å²) < 4.78 is 12.9. The quantitative estimate of drug-likeness (QED) is 0.263. The van der Waals surface area contributed by atoms with Crippen molar-refractivity contribution in [1.82, 2.24) is 0 Å². The first kappa shape index (κ1) is 24.2. The summed E-state index contributed by atoms with van der Waals surface area (Å²) in [5, 5.41) is 13.2. The monoisotopic (exact) mass is 510 g/mol. The molecule has 5 aromatic rings. The zero-order valence-electron chi connectivity index (χ0n) is 22.8. The van der Waals surface area contributed by atoms with Crippen molar-refractivity contribution in [2.24, 2.45) is 0 Å². The summed E-state index contributed by atoms with van der Waals surface area (Å²) in [6.45, 7) is 7.50. The minimum atomic E-state index is -0.987. The van der Waals surface area contributed by atoms with Crippen LogP contribution in [0.25, 0.3) is 21.9 Å². The lowest BCUT2D eigenvalue weighted by atomic mass is 9.65. The number of benzene rings is 5. The second-order valence-electron chi connectivity index (χ2n) is 11.8. The van der Waals surface area contributed by atoms with E-state index in [9.17, 15) is 5.11 Å². The van der Waals surface area contributed by atoms with Crippen LogP contribution in [0.2, 0.25) is 0 Å². The largest absolute Gasteiger partial charge is 0.457 e. The van der Waals surface area contributed by atoms with Gasteiger partial charge in [0, 0.05) is 11.1 Å². The van der Waals surface area contributed by atoms with Crippen molar-refractivity contribution in [2.45, 2.75) is 44.3 Å². The van der Waals surface area contributed by atoms with Crippen molar-refractivity contribution in [3.8, 4) is 22.6 Å². The molecule has 5 aromatic carbocycles. The normalized spacial score (nSPS) is 14.8. The Kier molecular flexibility index (Phi) is 5.16. The number of hydrogen-bond acceptors (Lipinski definition) is 3. The first-order valence-electron chi connectivity index (χ1n) is 13.6. The first-order chi connectivity index (χ1) is 18.7. The van der Waals surface area contributed by atoms with E-state index in [2.05, 4.69) is 91.0 Å². The molecule has 0 bridgehead atoms. The summed E-state index contributed by atoms with van der Waals surface area (Å²) in [4.78, 5) is 0. The fraction of sp³-hybridized carbons (Fsp3) is 0.200. The molecule has 1 N–H and O–H groups in total. The molecule has 0 atom stereocenters. The second-order valence-corrected chi connectivity index (χ2v) is 11.8. The van der Waals surface area contributed by atoms with Crippen LogP contribution < -0.4 is 10.2 Å². The molecule has 1 heterocycles. The van der Waals surface area contributed by atoms with Crippen molar-refractivity contribution in [1.29, 1.82) is 0 Å². The van der Waals surface area contributed by atoms with Gasteiger partial charge in [-0.15, -0.1) is 0 Å². The highest BCUT2D eigenvalue weighted by Gasteiger charge is 2.51. The highest BCUT2D eigenvalue weighted by atomic mass is 16.5. The van der Waals surface area contributed by atoms with Crippen LogP contribution in [0.15, 0.2) is 103 Å². The molecule has 3 nitrogen and oxygen atoms in total. The van der Waals surface area contributed by atoms with Gasteiger partial charge in [-0.1, -0.05) is 78.9 Å². The molecule has 39 heavy (non-hydrogen) atoms. The molecule has 2 aliphatic rings. The average molecular weight is 510 g/mol. The van der Waals surface area contributed by atoms with Gasteiger partial charge in [0.1, 0.15) is 11.5 Å². The van der Waals surface area contributed by atoms with Crippen LogP contribution in [-0.2, 0) is 10.1 Å². The van der Waals surface area contributed by atoms with Crippen LogP contribution in [0, 0.1) is 0 Å². The Bertz CT molecular complexity index is 1720. The first-order valence-corrected chi connectivity index (χ1v) is 13.6. The summed E-state index contributed by atoms with van der Waals surface area (Å²) in [6, 6.07) is 36.7. The molecule has 192 valence electrons. The smallest absolute Gasteiger partial charge is 0.310 e. The lowest BCUT2D eigenvalue weighted by molar-refractivity contribution is -0.0893. The highest BCUT2D eigenvalue weighted by molar-refractivity contribution is 6.50. The minimum absolute atomic E-state index is 0.391. The summed E-state index contributed by atoms with van der Waals surface area (Å²) in [5.41, 5.74) is 6.08. The second kappa shape index (κ2) is 8.32. The number of para-hydroxylation sites is 2. The number of aliphatic hydroxyl groups is 1. The molecule has 4 heteroatoms. The fourth-order valence-electron chi connectivity index (χ4n) is 6.26. The van der Waals surface area contributed by atoms with Crippen molar-refractivity contribution < 1.29 is 14.5 Å². The molecule has 1 spiro atoms. The third-order valence-corrected chi connectivity index (χ3v) is 8.98. The molecular weight excluding hydrogens is 479 g/mol. The van der Waals surface area contributed by atoms with Gasteiger partial charge in [0.05, 0.1) is 16.6 Å². The van der Waals surface area contributed by atoms with Gasteiger partial charge in [0.15, 0.2) is 0 Å². The van der Waals surface area contributed by atoms with E-state index in [0.717, 1.165) is 28.1 Å². The molecule has 0 aromatic heterocycles. The van der Waals surface area contributed by atoms with E-state index in [0.29, 0.717) is 7.48 Å². The van der Waals surface area contributed by atoms with Gasteiger partial charge in [-0.3, -0.25) is 0 Å². The Hall–Kier alpha value is -3.86. The van der Waals surface area contributed by atoms with Crippen LogP contribution in [0.5, 0.6) is 11.5 Å². The van der Waals surface area contributed by atoms with Gasteiger partial charge >= 0.3 is 7.48 Å². The summed E-state index contributed by atoms with van der Waals surface area (Å²) in [6.07, 6.45) is 0. The molecule has 0 saturated carbocycles. The predicted octanol–water partition coefficient (Wildman–Crippen LogP) is 6.85. The van der Waals surface area contributed by atoms with E-state index in [-0.39, 0.29) is 0 Å². The van der Waals surface area contributed by atoms with Gasteiger partial charge in [0.25, 0.3) is 0 Å². The van der Waals surface area contributed by atoms with E-state index in [1.165, 1.54) is 33.0 Å². The zero-order chi connectivity index (χ0) is 27.0. The van der Waals surface area contributed by atoms with Gasteiger partial charge in [0.2, 0.25) is 0 Å². The molecule has 0 amide bonds. The molecule has 1 aliphatic heterocycles. The Morgan fingerprint density at radius 2 is 1.23 bits per heavy atom. The predicted molar refractivity (Wildman–Crippen MR) is 160 cm³/mol. The highest BCUT2D eigenvalue weighted by Crippen LogP contribution is 2.62. The van der Waals surface area contributed by atoms with Crippen molar-refractivity contribution >= 4 is 23.7 Å². The number of hydrogen-bond donors (Lipinski definition) is 1. The number of ether oxygens (including phenoxy) is 1. The Balaban J connectivity index is 1.56. The molecule has 0 unspecified atom stereocenters. The van der Waals surface area contributed by atoms with E-state index < -0.39 is 16.6 Å². The van der Waals surface area contributed by atoms with Crippen LogP contribution in [0.4, 0.5) is 0 Å². The number of rotatable bonds is 4. The molecule has 0 fully saturated rings. The van der Waals surface area contributed by atoms with E-state index in [1.54, 1.807) is 13.8 Å². The maximum atomic E-state index is 10.8. The molecule has 1 aliphatic carbocycles. The average Bonchev–Trinajstić information content (AvgIpc) is 3.21. The van der Waals surface area contributed by atoms with Gasteiger partial charge in [-0.25, -0.2) is 0 Å². The summed E-state index contributed by atoms with van der Waals surface area (Å²) in [7, 11) is 0.391. The van der Waals surface area contributed by atoms with Crippen LogP contribution in [0.3, 0.4) is 0 Å². The Labute approximate surface area is 230 Å². The van der Waals surface area contributed by atoms with Crippen molar-refractivity contribution in [2.75, 3.05) is 0 Å². The maximum absolute atomic E-state index is 10.8. The van der Waals surface area contributed by atoms with Crippen molar-refractivity contribution in [3.05, 3.63) is 125 Å². The third-order valence-electron chi connectivity index (χ3n) is 8.98. The SMILES string of the molecule is CC(C)(O)C(C)(C)OBc1cccc2c1-c1cc3ccccc3cc1C21c2ccccc2Oc2ccccc21. The minimum Gasteiger partial charge on any atom is -0.457 e. The lowest BCUT2D eigenvalue weighted by Crippen LogP contribution is -2.49. The van der Waals surface area contributed by atoms with E-state index in [1.807, 2.05) is 26.0 Å². The van der Waals surface area contributed by atoms with Crippen LogP contribution in [-0.4, -0.2) is 23.8 Å². The zero-order valence-corrected chi connectivity index (χ0v) is 22.8. The van der Waals surface area contributed by atoms with Crippen LogP contribution in [0.1, 0.15) is 49.9 Å². The fourth-order valence-corrected chi connectivity index (χ4v) is 6.26. The molecular formula is C35H31BO3.